The topological polar surface area (TPSA) is 129 Å². The highest BCUT2D eigenvalue weighted by molar-refractivity contribution is 7.23. The van der Waals surface area contributed by atoms with Crippen LogP contribution in [0, 0.1) is 0 Å². The second kappa shape index (κ2) is 8.37. The zero-order valence-corrected chi connectivity index (χ0v) is 18.7. The summed E-state index contributed by atoms with van der Waals surface area (Å²) >= 11 is 1.45. The Morgan fingerprint density at radius 1 is 1.32 bits per heavy atom. The second-order valence-corrected chi connectivity index (χ2v) is 9.20. The molecular formula is C21H27N7O2S. The number of urea groups is 1. The third kappa shape index (κ3) is 4.60. The molecule has 3 aromatic rings. The molecule has 0 bridgehead atoms. The third-order valence-corrected chi connectivity index (χ3v) is 6.14. The van der Waals surface area contributed by atoms with Gasteiger partial charge in [0, 0.05) is 43.6 Å². The van der Waals surface area contributed by atoms with Crippen LogP contribution >= 0.6 is 11.3 Å². The van der Waals surface area contributed by atoms with Crippen molar-refractivity contribution in [1.82, 2.24) is 20.3 Å². The molecule has 0 radical (unpaired) electrons. The minimum atomic E-state index is -1.10. The minimum Gasteiger partial charge on any atom is -0.382 e. The van der Waals surface area contributed by atoms with Crippen LogP contribution in [-0.2, 0) is 5.60 Å². The van der Waals surface area contributed by atoms with Crippen LogP contribution in [0.25, 0.3) is 21.3 Å². The molecule has 2 amide bonds. The number of hydrogen-bond donors (Lipinski definition) is 4. The largest absolute Gasteiger partial charge is 0.382 e. The molecule has 0 aliphatic carbocycles. The van der Waals surface area contributed by atoms with E-state index in [0.29, 0.717) is 17.5 Å². The van der Waals surface area contributed by atoms with E-state index in [1.54, 1.807) is 26.2 Å². The van der Waals surface area contributed by atoms with Crippen LogP contribution in [0.15, 0.2) is 24.5 Å². The van der Waals surface area contributed by atoms with Crippen LogP contribution in [0.3, 0.4) is 0 Å². The van der Waals surface area contributed by atoms with Crippen LogP contribution < -0.4 is 21.3 Å². The summed E-state index contributed by atoms with van der Waals surface area (Å²) in [5, 5.41) is 16.2. The average Bonchev–Trinajstić information content (AvgIpc) is 3.32. The van der Waals surface area contributed by atoms with Crippen molar-refractivity contribution >= 4 is 38.4 Å². The summed E-state index contributed by atoms with van der Waals surface area (Å²) in [5.74, 6) is 0.366. The molecule has 1 aromatic carbocycles. The number of nitrogens with zero attached hydrogens (tertiary/aromatic N) is 4. The van der Waals surface area contributed by atoms with E-state index in [4.69, 9.17) is 5.73 Å². The number of thiazole rings is 1. The lowest BCUT2D eigenvalue weighted by Gasteiger charge is -2.20. The molecule has 1 aliphatic rings. The Hall–Kier alpha value is -2.82. The van der Waals surface area contributed by atoms with Gasteiger partial charge in [-0.15, -0.1) is 0 Å². The highest BCUT2D eigenvalue weighted by atomic mass is 32.1. The van der Waals surface area contributed by atoms with Gasteiger partial charge in [0.2, 0.25) is 0 Å². The maximum Gasteiger partial charge on any atom is 0.321 e. The van der Waals surface area contributed by atoms with E-state index in [2.05, 4.69) is 36.6 Å². The Balaban J connectivity index is 1.76. The van der Waals surface area contributed by atoms with Gasteiger partial charge in [-0.25, -0.2) is 19.7 Å². The summed E-state index contributed by atoms with van der Waals surface area (Å²) < 4.78 is 0.999. The van der Waals surface area contributed by atoms with E-state index in [1.165, 1.54) is 11.3 Å². The summed E-state index contributed by atoms with van der Waals surface area (Å²) in [5.41, 5.74) is 8.62. The number of nitrogens with two attached hydrogens (primary N) is 1. The van der Waals surface area contributed by atoms with Crippen molar-refractivity contribution in [2.24, 2.45) is 5.73 Å². The Morgan fingerprint density at radius 3 is 2.68 bits per heavy atom. The Morgan fingerprint density at radius 2 is 2.06 bits per heavy atom. The molecular weight excluding hydrogens is 414 g/mol. The van der Waals surface area contributed by atoms with Crippen LogP contribution in [0.4, 0.5) is 15.6 Å². The summed E-state index contributed by atoms with van der Waals surface area (Å²) in [6.07, 6.45) is 4.35. The number of rotatable bonds is 5. The number of fused-ring (bicyclic) bond motifs is 1. The van der Waals surface area contributed by atoms with Crippen molar-refractivity contribution in [3.63, 3.8) is 0 Å². The Kier molecular flexibility index (Phi) is 5.78. The molecule has 1 fully saturated rings. The molecule has 0 spiro atoms. The lowest BCUT2D eigenvalue weighted by Crippen LogP contribution is -2.28. The molecule has 31 heavy (non-hydrogen) atoms. The minimum absolute atomic E-state index is 0.133. The fourth-order valence-electron chi connectivity index (χ4n) is 3.57. The van der Waals surface area contributed by atoms with Crippen molar-refractivity contribution in [2.45, 2.75) is 38.8 Å². The molecule has 4 rings (SSSR count). The van der Waals surface area contributed by atoms with Crippen molar-refractivity contribution in [2.75, 3.05) is 29.9 Å². The standard InChI is InChI=1S/C21H27N7O2S/c1-4-23-19(29)27-20-26-15-7-12(13-9-24-18(25-10-13)21(2,3)30)8-16(17(15)31-20)28-6-5-14(22)11-28/h7-10,14,30H,4-6,11,22H2,1-3H3,(H2,23,26,27,29)/t14-/m0/s1. The number of hydrogen-bond acceptors (Lipinski definition) is 8. The lowest BCUT2D eigenvalue weighted by atomic mass is 10.1. The molecule has 164 valence electrons. The first-order chi connectivity index (χ1) is 14.7. The van der Waals surface area contributed by atoms with Crippen LogP contribution in [-0.4, -0.2) is 51.8 Å². The van der Waals surface area contributed by atoms with E-state index in [1.807, 2.05) is 13.0 Å². The maximum absolute atomic E-state index is 12.0. The average molecular weight is 442 g/mol. The molecule has 1 aliphatic heterocycles. The number of anilines is 2. The van der Waals surface area contributed by atoms with E-state index in [0.717, 1.165) is 46.5 Å². The van der Waals surface area contributed by atoms with Gasteiger partial charge in [-0.05, 0) is 44.9 Å². The van der Waals surface area contributed by atoms with Gasteiger partial charge in [-0.1, -0.05) is 11.3 Å². The highest BCUT2D eigenvalue weighted by Gasteiger charge is 2.24. The molecule has 5 N–H and O–H groups in total. The van der Waals surface area contributed by atoms with Gasteiger partial charge in [0.15, 0.2) is 11.0 Å². The van der Waals surface area contributed by atoms with E-state index in [9.17, 15) is 9.90 Å². The van der Waals surface area contributed by atoms with Crippen molar-refractivity contribution in [1.29, 1.82) is 0 Å². The predicted octanol–water partition coefficient (Wildman–Crippen LogP) is 2.66. The molecule has 9 nitrogen and oxygen atoms in total. The SMILES string of the molecule is CCNC(=O)Nc1nc2cc(-c3cnc(C(C)(C)O)nc3)cc(N3CC[C@H](N)C3)c2s1. The van der Waals surface area contributed by atoms with E-state index in [-0.39, 0.29) is 12.1 Å². The molecule has 0 saturated carbocycles. The van der Waals surface area contributed by atoms with E-state index >= 15 is 0 Å². The van der Waals surface area contributed by atoms with Crippen molar-refractivity contribution in [3.8, 4) is 11.1 Å². The number of benzene rings is 1. The number of amides is 2. The number of aliphatic hydroxyl groups is 1. The van der Waals surface area contributed by atoms with Crippen LogP contribution in [0.1, 0.15) is 33.0 Å². The second-order valence-electron chi connectivity index (χ2n) is 8.20. The molecule has 1 saturated heterocycles. The predicted molar refractivity (Wildman–Crippen MR) is 123 cm³/mol. The van der Waals surface area contributed by atoms with E-state index < -0.39 is 5.60 Å². The number of carbonyl (C=O) groups excluding carboxylic acids is 1. The fourth-order valence-corrected chi connectivity index (χ4v) is 4.55. The van der Waals surface area contributed by atoms with Crippen molar-refractivity contribution in [3.05, 3.63) is 30.4 Å². The summed E-state index contributed by atoms with van der Waals surface area (Å²) in [7, 11) is 0. The highest BCUT2D eigenvalue weighted by Crippen LogP contribution is 2.39. The summed E-state index contributed by atoms with van der Waals surface area (Å²) in [4.78, 5) is 27.5. The van der Waals surface area contributed by atoms with Gasteiger partial charge in [0.25, 0.3) is 0 Å². The monoisotopic (exact) mass is 441 g/mol. The molecule has 2 aromatic heterocycles. The smallest absolute Gasteiger partial charge is 0.321 e. The third-order valence-electron chi connectivity index (χ3n) is 5.13. The number of carbonyl (C=O) groups is 1. The van der Waals surface area contributed by atoms with Gasteiger partial charge in [-0.3, -0.25) is 5.32 Å². The van der Waals surface area contributed by atoms with Gasteiger partial charge in [0.05, 0.1) is 15.9 Å². The normalized spacial score (nSPS) is 16.7. The quantitative estimate of drug-likeness (QED) is 0.479. The van der Waals surface area contributed by atoms with Gasteiger partial charge < -0.3 is 21.1 Å². The van der Waals surface area contributed by atoms with Crippen molar-refractivity contribution < 1.29 is 9.90 Å². The molecule has 0 unspecified atom stereocenters. The maximum atomic E-state index is 12.0. The Bertz CT molecular complexity index is 1090. The van der Waals surface area contributed by atoms with Crippen LogP contribution in [0.5, 0.6) is 0 Å². The first kappa shape index (κ1) is 21.4. The summed E-state index contributed by atoms with van der Waals surface area (Å²) in [6.45, 7) is 7.35. The zero-order chi connectivity index (χ0) is 22.2. The lowest BCUT2D eigenvalue weighted by molar-refractivity contribution is 0.0687. The molecule has 3 heterocycles. The van der Waals surface area contributed by atoms with Gasteiger partial charge in [0.1, 0.15) is 5.60 Å². The fraction of sp³-hybridized carbons (Fsp3) is 0.429. The zero-order valence-electron chi connectivity index (χ0n) is 17.8. The first-order valence-corrected chi connectivity index (χ1v) is 11.1. The summed E-state index contributed by atoms with van der Waals surface area (Å²) in [6, 6.07) is 3.92. The number of aromatic nitrogens is 3. The first-order valence-electron chi connectivity index (χ1n) is 10.3. The molecule has 10 heteroatoms. The Labute approximate surface area is 184 Å². The van der Waals surface area contributed by atoms with Gasteiger partial charge >= 0.3 is 6.03 Å². The number of nitrogens with one attached hydrogen (secondary N) is 2. The van der Waals surface area contributed by atoms with Crippen LogP contribution in [0.2, 0.25) is 0 Å². The van der Waals surface area contributed by atoms with Gasteiger partial charge in [-0.2, -0.15) is 0 Å². The molecule has 1 atom stereocenters.